The normalized spacial score (nSPS) is 18.1. The monoisotopic (exact) mass is 540 g/mol. The van der Waals surface area contributed by atoms with E-state index in [1.165, 1.54) is 0 Å². The number of halogens is 1. The van der Waals surface area contributed by atoms with Crippen molar-refractivity contribution < 1.29 is 8.42 Å². The van der Waals surface area contributed by atoms with Gasteiger partial charge in [0.15, 0.2) is 5.96 Å². The van der Waals surface area contributed by atoms with Gasteiger partial charge in [0.05, 0.1) is 12.3 Å². The number of guanidine groups is 1. The summed E-state index contributed by atoms with van der Waals surface area (Å²) in [6.45, 7) is 9.76. The highest BCUT2D eigenvalue weighted by Crippen LogP contribution is 2.24. The van der Waals surface area contributed by atoms with E-state index in [4.69, 9.17) is 0 Å². The van der Waals surface area contributed by atoms with Gasteiger partial charge in [-0.05, 0) is 18.4 Å². The van der Waals surface area contributed by atoms with Gasteiger partial charge in [-0.25, -0.2) is 13.1 Å². The molecule has 1 aromatic carbocycles. The number of sulfonamides is 1. The fourth-order valence-electron chi connectivity index (χ4n) is 2.83. The molecule has 1 atom stereocenters. The largest absolute Gasteiger partial charge is 0.357 e. The van der Waals surface area contributed by atoms with Gasteiger partial charge in [-0.1, -0.05) is 44.2 Å². The summed E-state index contributed by atoms with van der Waals surface area (Å²) in [7, 11) is -3.35. The third kappa shape index (κ3) is 8.87. The minimum atomic E-state index is -3.35. The first kappa shape index (κ1) is 25.5. The summed E-state index contributed by atoms with van der Waals surface area (Å²) in [6.07, 6.45) is 0. The minimum absolute atomic E-state index is 0. The van der Waals surface area contributed by atoms with E-state index < -0.39 is 10.0 Å². The van der Waals surface area contributed by atoms with Crippen molar-refractivity contribution in [1.29, 1.82) is 0 Å². The molecule has 1 unspecified atom stereocenters. The molecule has 0 amide bonds. The van der Waals surface area contributed by atoms with Gasteiger partial charge in [0, 0.05) is 37.2 Å². The van der Waals surface area contributed by atoms with E-state index >= 15 is 0 Å². The van der Waals surface area contributed by atoms with Crippen LogP contribution in [-0.2, 0) is 16.6 Å². The van der Waals surface area contributed by atoms with Crippen LogP contribution in [0, 0.1) is 5.92 Å². The molecule has 0 bridgehead atoms. The average molecular weight is 541 g/mol. The summed E-state index contributed by atoms with van der Waals surface area (Å²) in [5.41, 5.74) is 0.948. The van der Waals surface area contributed by atoms with E-state index in [9.17, 15) is 8.42 Å². The molecule has 2 rings (SSSR count). The molecule has 160 valence electrons. The van der Waals surface area contributed by atoms with Crippen molar-refractivity contribution in [3.63, 3.8) is 0 Å². The number of nitrogens with one attached hydrogen (secondary N) is 2. The summed E-state index contributed by atoms with van der Waals surface area (Å²) in [5.74, 6) is 2.50. The first-order valence-corrected chi connectivity index (χ1v) is 12.3. The lowest BCUT2D eigenvalue weighted by Gasteiger charge is -2.36. The fraction of sp³-hybridized carbons (Fsp3) is 0.632. The lowest BCUT2D eigenvalue weighted by molar-refractivity contribution is 0.381. The Hall–Kier alpha value is -0.520. The number of hydrogen-bond acceptors (Lipinski definition) is 4. The summed E-state index contributed by atoms with van der Waals surface area (Å²) < 4.78 is 27.1. The van der Waals surface area contributed by atoms with Crippen molar-refractivity contribution in [3.05, 3.63) is 35.9 Å². The summed E-state index contributed by atoms with van der Waals surface area (Å²) >= 11 is 2.01. The van der Waals surface area contributed by atoms with E-state index in [-0.39, 0.29) is 36.3 Å². The maximum atomic E-state index is 12.2. The zero-order chi connectivity index (χ0) is 19.7. The van der Waals surface area contributed by atoms with Crippen LogP contribution in [0.3, 0.4) is 0 Å². The molecular formula is C19H33IN4O2S2. The van der Waals surface area contributed by atoms with Crippen LogP contribution < -0.4 is 10.0 Å². The molecule has 0 spiro atoms. The number of thioether (sulfide) groups is 1. The molecule has 0 saturated carbocycles. The third-order valence-electron chi connectivity index (χ3n) is 4.43. The van der Waals surface area contributed by atoms with Gasteiger partial charge in [0.2, 0.25) is 10.0 Å². The van der Waals surface area contributed by atoms with Gasteiger partial charge in [0.1, 0.15) is 0 Å². The molecule has 28 heavy (non-hydrogen) atoms. The molecule has 0 aromatic heterocycles. The lowest BCUT2D eigenvalue weighted by Crippen LogP contribution is -2.49. The molecule has 0 aliphatic carbocycles. The van der Waals surface area contributed by atoms with E-state index in [2.05, 4.69) is 33.8 Å². The molecule has 1 fully saturated rings. The minimum Gasteiger partial charge on any atom is -0.357 e. The standard InChI is InChI=1S/C19H32N4O2S2.HI/c1-4-20-19(23-11-12-26-18(15-23)16(2)3)21-10-13-27(24,25)22-14-17-8-6-5-7-9-17;/h5-9,16,18,22H,4,10-15H2,1-3H3,(H,20,21);1H. The van der Waals surface area contributed by atoms with E-state index in [0.717, 1.165) is 36.9 Å². The van der Waals surface area contributed by atoms with Crippen LogP contribution in [0.15, 0.2) is 35.3 Å². The predicted molar refractivity (Wildman–Crippen MR) is 131 cm³/mol. The zero-order valence-electron chi connectivity index (χ0n) is 16.9. The van der Waals surface area contributed by atoms with Crippen LogP contribution in [-0.4, -0.2) is 62.2 Å². The SMILES string of the molecule is CCNC(=NCCS(=O)(=O)NCc1ccccc1)N1CCSC(C(C)C)C1.I. The van der Waals surface area contributed by atoms with Crippen LogP contribution in [0.4, 0.5) is 0 Å². The highest BCUT2D eigenvalue weighted by molar-refractivity contribution is 14.0. The Balaban J connectivity index is 0.00000392. The molecule has 1 saturated heterocycles. The molecule has 6 nitrogen and oxygen atoms in total. The first-order valence-electron chi connectivity index (χ1n) is 9.57. The Labute approximate surface area is 191 Å². The molecular weight excluding hydrogens is 507 g/mol. The number of benzene rings is 1. The Bertz CT molecular complexity index is 699. The lowest BCUT2D eigenvalue weighted by atomic mass is 10.1. The van der Waals surface area contributed by atoms with Gasteiger partial charge in [0.25, 0.3) is 0 Å². The first-order chi connectivity index (χ1) is 12.9. The molecule has 2 N–H and O–H groups in total. The maximum absolute atomic E-state index is 12.2. The van der Waals surface area contributed by atoms with Gasteiger partial charge < -0.3 is 10.2 Å². The summed E-state index contributed by atoms with van der Waals surface area (Å²) in [5, 5.41) is 3.89. The van der Waals surface area contributed by atoms with Crippen molar-refractivity contribution in [1.82, 2.24) is 14.9 Å². The Morgan fingerprint density at radius 2 is 2.04 bits per heavy atom. The molecule has 9 heteroatoms. The fourth-order valence-corrected chi connectivity index (χ4v) is 4.99. The van der Waals surface area contributed by atoms with Gasteiger partial charge >= 0.3 is 0 Å². The smallest absolute Gasteiger partial charge is 0.213 e. The van der Waals surface area contributed by atoms with Crippen LogP contribution in [0.25, 0.3) is 0 Å². The van der Waals surface area contributed by atoms with Crippen molar-refractivity contribution >= 4 is 51.7 Å². The van der Waals surface area contributed by atoms with Gasteiger partial charge in [-0.2, -0.15) is 11.8 Å². The zero-order valence-corrected chi connectivity index (χ0v) is 20.9. The predicted octanol–water partition coefficient (Wildman–Crippen LogP) is 2.76. The van der Waals surface area contributed by atoms with E-state index in [1.807, 2.05) is 49.0 Å². The quantitative estimate of drug-likeness (QED) is 0.302. The Kier molecular flexibility index (Phi) is 11.8. The number of hydrogen-bond donors (Lipinski definition) is 2. The second-order valence-corrected chi connectivity index (χ2v) is 10.2. The second kappa shape index (κ2) is 12.9. The highest BCUT2D eigenvalue weighted by Gasteiger charge is 2.24. The second-order valence-electron chi connectivity index (χ2n) is 6.96. The Morgan fingerprint density at radius 3 is 2.68 bits per heavy atom. The number of aliphatic imine (C=N–C) groups is 1. The average Bonchev–Trinajstić information content (AvgIpc) is 2.66. The highest BCUT2D eigenvalue weighted by atomic mass is 127. The third-order valence-corrected chi connectivity index (χ3v) is 7.28. The van der Waals surface area contributed by atoms with Crippen LogP contribution in [0.5, 0.6) is 0 Å². The van der Waals surface area contributed by atoms with Gasteiger partial charge in [-0.3, -0.25) is 4.99 Å². The molecule has 1 heterocycles. The number of rotatable bonds is 8. The van der Waals surface area contributed by atoms with Crippen molar-refractivity contribution in [2.75, 3.05) is 37.7 Å². The molecule has 1 aromatic rings. The van der Waals surface area contributed by atoms with E-state index in [0.29, 0.717) is 17.7 Å². The van der Waals surface area contributed by atoms with Crippen LogP contribution in [0.1, 0.15) is 26.3 Å². The topological polar surface area (TPSA) is 73.8 Å². The molecule has 1 aliphatic heterocycles. The Morgan fingerprint density at radius 1 is 1.32 bits per heavy atom. The van der Waals surface area contributed by atoms with Crippen LogP contribution >= 0.6 is 35.7 Å². The molecule has 1 aliphatic rings. The van der Waals surface area contributed by atoms with Crippen molar-refractivity contribution in [3.8, 4) is 0 Å². The molecule has 0 radical (unpaired) electrons. The van der Waals surface area contributed by atoms with Crippen molar-refractivity contribution in [2.24, 2.45) is 10.9 Å². The van der Waals surface area contributed by atoms with E-state index in [1.54, 1.807) is 0 Å². The summed E-state index contributed by atoms with van der Waals surface area (Å²) in [4.78, 5) is 6.83. The van der Waals surface area contributed by atoms with Crippen LogP contribution in [0.2, 0.25) is 0 Å². The summed E-state index contributed by atoms with van der Waals surface area (Å²) in [6, 6.07) is 9.53. The maximum Gasteiger partial charge on any atom is 0.213 e. The van der Waals surface area contributed by atoms with Gasteiger partial charge in [-0.15, -0.1) is 24.0 Å². The van der Waals surface area contributed by atoms with Crippen molar-refractivity contribution in [2.45, 2.75) is 32.6 Å². The number of nitrogens with zero attached hydrogens (tertiary/aromatic N) is 2.